The molecule has 0 saturated heterocycles. The number of hydrazone groups is 2. The fraction of sp³-hybridized carbons (Fsp3) is 0.368. The molecule has 0 saturated carbocycles. The van der Waals surface area contributed by atoms with Crippen molar-refractivity contribution in [1.29, 1.82) is 0 Å². The molecule has 2 aromatic rings. The third-order valence-corrected chi connectivity index (χ3v) is 5.92. The van der Waals surface area contributed by atoms with Crippen LogP contribution in [0.3, 0.4) is 0 Å². The number of carbonyl (C=O) groups is 2. The first-order chi connectivity index (χ1) is 12.8. The van der Waals surface area contributed by atoms with Gasteiger partial charge >= 0.3 is 0 Å². The van der Waals surface area contributed by atoms with Crippen molar-refractivity contribution in [2.24, 2.45) is 10.2 Å². The molecule has 2 amide bonds. The molecular formula is C19H24N4O2S2. The van der Waals surface area contributed by atoms with Gasteiger partial charge in [0, 0.05) is 22.6 Å². The Labute approximate surface area is 167 Å². The van der Waals surface area contributed by atoms with Crippen molar-refractivity contribution in [2.75, 3.05) is 0 Å². The highest BCUT2D eigenvalue weighted by molar-refractivity contribution is 7.14. The number of carbonyl (C=O) groups excluding carboxylic acids is 2. The number of amides is 2. The first kappa shape index (κ1) is 21.0. The molecule has 0 aliphatic heterocycles. The number of rotatable bonds is 8. The summed E-state index contributed by atoms with van der Waals surface area (Å²) in [6.45, 7) is 7.76. The molecule has 0 aliphatic rings. The van der Waals surface area contributed by atoms with Crippen LogP contribution in [0.4, 0.5) is 0 Å². The van der Waals surface area contributed by atoms with E-state index in [1.54, 1.807) is 22.7 Å². The Kier molecular flexibility index (Phi) is 7.87. The van der Waals surface area contributed by atoms with Crippen molar-refractivity contribution in [2.45, 2.75) is 47.0 Å². The van der Waals surface area contributed by atoms with E-state index < -0.39 is 0 Å². The number of aryl methyl sites for hydroxylation is 2. The molecule has 0 fully saturated rings. The summed E-state index contributed by atoms with van der Waals surface area (Å²) in [5.74, 6) is -0.409. The minimum Gasteiger partial charge on any atom is -0.273 e. The molecule has 0 atom stereocenters. The number of nitrogens with zero attached hydrogens (tertiary/aromatic N) is 2. The van der Waals surface area contributed by atoms with Gasteiger partial charge in [0.15, 0.2) is 0 Å². The van der Waals surface area contributed by atoms with Crippen molar-refractivity contribution in [3.05, 3.63) is 43.8 Å². The Balaban J connectivity index is 1.69. The van der Waals surface area contributed by atoms with Crippen LogP contribution in [-0.2, 0) is 9.59 Å². The van der Waals surface area contributed by atoms with Crippen LogP contribution in [0.25, 0.3) is 0 Å². The molecule has 8 heteroatoms. The largest absolute Gasteiger partial charge is 0.273 e. The van der Waals surface area contributed by atoms with E-state index in [1.165, 1.54) is 9.75 Å². The molecule has 0 aliphatic carbocycles. The molecule has 2 N–H and O–H groups in total. The third-order valence-electron chi connectivity index (χ3n) is 3.70. The van der Waals surface area contributed by atoms with Gasteiger partial charge in [-0.2, -0.15) is 10.2 Å². The van der Waals surface area contributed by atoms with Crippen LogP contribution in [0.5, 0.6) is 0 Å². The number of hydrogen-bond acceptors (Lipinski definition) is 6. The minimum atomic E-state index is -0.204. The normalized spacial score (nSPS) is 12.1. The fourth-order valence-electron chi connectivity index (χ4n) is 2.18. The first-order valence-corrected chi connectivity index (χ1v) is 10.3. The van der Waals surface area contributed by atoms with Crippen molar-refractivity contribution in [3.63, 3.8) is 0 Å². The zero-order valence-electron chi connectivity index (χ0n) is 16.0. The average Bonchev–Trinajstić information content (AvgIpc) is 3.26. The van der Waals surface area contributed by atoms with Gasteiger partial charge in [-0.05, 0) is 58.4 Å². The van der Waals surface area contributed by atoms with Crippen LogP contribution in [0.15, 0.2) is 34.5 Å². The highest BCUT2D eigenvalue weighted by Gasteiger charge is 2.07. The molecule has 2 rings (SSSR count). The molecule has 0 bridgehead atoms. The van der Waals surface area contributed by atoms with Gasteiger partial charge in [-0.1, -0.05) is 0 Å². The van der Waals surface area contributed by atoms with E-state index in [2.05, 4.69) is 21.1 Å². The summed E-state index contributed by atoms with van der Waals surface area (Å²) in [6.07, 6.45) is 0.915. The van der Waals surface area contributed by atoms with Crippen LogP contribution in [0.2, 0.25) is 0 Å². The maximum absolute atomic E-state index is 11.8. The van der Waals surface area contributed by atoms with Crippen LogP contribution < -0.4 is 10.9 Å². The summed E-state index contributed by atoms with van der Waals surface area (Å²) in [5.41, 5.74) is 6.61. The summed E-state index contributed by atoms with van der Waals surface area (Å²) >= 11 is 3.26. The van der Waals surface area contributed by atoms with Crippen LogP contribution in [-0.4, -0.2) is 23.2 Å². The quantitative estimate of drug-likeness (QED) is 0.515. The lowest BCUT2D eigenvalue weighted by atomic mass is 10.2. The molecule has 2 aromatic heterocycles. The monoisotopic (exact) mass is 404 g/mol. The summed E-state index contributed by atoms with van der Waals surface area (Å²) in [6, 6.07) is 8.00. The van der Waals surface area contributed by atoms with E-state index in [0.29, 0.717) is 6.42 Å². The molecule has 6 nitrogen and oxygen atoms in total. The van der Waals surface area contributed by atoms with Crippen molar-refractivity contribution in [3.8, 4) is 0 Å². The zero-order chi connectivity index (χ0) is 19.8. The maximum atomic E-state index is 11.8. The molecular weight excluding hydrogens is 380 g/mol. The first-order valence-electron chi connectivity index (χ1n) is 8.65. The molecule has 144 valence electrons. The van der Waals surface area contributed by atoms with Crippen LogP contribution in [0, 0.1) is 13.8 Å². The van der Waals surface area contributed by atoms with Gasteiger partial charge < -0.3 is 0 Å². The van der Waals surface area contributed by atoms with E-state index in [9.17, 15) is 9.59 Å². The Morgan fingerprint density at radius 2 is 1.22 bits per heavy atom. The topological polar surface area (TPSA) is 82.9 Å². The second-order valence-corrected chi connectivity index (χ2v) is 8.71. The summed E-state index contributed by atoms with van der Waals surface area (Å²) in [7, 11) is 0. The van der Waals surface area contributed by atoms with Crippen molar-refractivity contribution < 1.29 is 9.59 Å². The van der Waals surface area contributed by atoms with Crippen LogP contribution in [0.1, 0.15) is 52.6 Å². The number of hydrogen-bond donors (Lipinski definition) is 2. The summed E-state index contributed by atoms with van der Waals surface area (Å²) in [5, 5.41) is 8.21. The smallest absolute Gasteiger partial charge is 0.240 e. The predicted molar refractivity (Wildman–Crippen MR) is 113 cm³/mol. The minimum absolute atomic E-state index is 0.204. The van der Waals surface area contributed by atoms with Gasteiger partial charge in [0.05, 0.1) is 21.2 Å². The zero-order valence-corrected chi connectivity index (χ0v) is 17.6. The predicted octanol–water partition coefficient (Wildman–Crippen LogP) is 3.98. The van der Waals surface area contributed by atoms with E-state index >= 15 is 0 Å². The molecule has 27 heavy (non-hydrogen) atoms. The van der Waals surface area contributed by atoms with Gasteiger partial charge in [-0.25, -0.2) is 10.9 Å². The lowest BCUT2D eigenvalue weighted by Gasteiger charge is -2.03. The number of thiophene rings is 2. The number of nitrogens with one attached hydrogen (secondary N) is 2. The van der Waals surface area contributed by atoms with E-state index in [0.717, 1.165) is 21.2 Å². The fourth-order valence-corrected chi connectivity index (χ4v) is 3.81. The van der Waals surface area contributed by atoms with Crippen molar-refractivity contribution >= 4 is 45.9 Å². The maximum Gasteiger partial charge on any atom is 0.240 e. The average molecular weight is 405 g/mol. The highest BCUT2D eigenvalue weighted by Crippen LogP contribution is 2.16. The van der Waals surface area contributed by atoms with E-state index in [4.69, 9.17) is 0 Å². The lowest BCUT2D eigenvalue weighted by Crippen LogP contribution is -2.21. The lowest BCUT2D eigenvalue weighted by molar-refractivity contribution is -0.122. The molecule has 0 radical (unpaired) electrons. The van der Waals surface area contributed by atoms with E-state index in [1.807, 2.05) is 52.0 Å². The van der Waals surface area contributed by atoms with Gasteiger partial charge in [-0.3, -0.25) is 9.59 Å². The summed E-state index contributed by atoms with van der Waals surface area (Å²) in [4.78, 5) is 28.1. The second kappa shape index (κ2) is 10.1. The Morgan fingerprint density at radius 1 is 0.815 bits per heavy atom. The van der Waals surface area contributed by atoms with Gasteiger partial charge in [-0.15, -0.1) is 22.7 Å². The van der Waals surface area contributed by atoms with Crippen LogP contribution >= 0.6 is 22.7 Å². The van der Waals surface area contributed by atoms with Gasteiger partial charge in [0.25, 0.3) is 0 Å². The molecule has 2 heterocycles. The summed E-state index contributed by atoms with van der Waals surface area (Å²) < 4.78 is 0. The van der Waals surface area contributed by atoms with E-state index in [-0.39, 0.29) is 24.7 Å². The third kappa shape index (κ3) is 7.07. The Morgan fingerprint density at radius 3 is 1.56 bits per heavy atom. The highest BCUT2D eigenvalue weighted by atomic mass is 32.1. The molecule has 0 aromatic carbocycles. The van der Waals surface area contributed by atoms with Crippen molar-refractivity contribution in [1.82, 2.24) is 10.9 Å². The van der Waals surface area contributed by atoms with Gasteiger partial charge in [0.2, 0.25) is 11.8 Å². The standard InChI is InChI=1S/C19H24N4O2S2/c1-12-8-10-16(26-12)14(3)20-22-18(24)6-5-7-19(25)23-21-15(4)17-11-9-13(2)27-17/h8-11H,5-7H2,1-4H3,(H,22,24)(H,23,25)/b20-14+,21-15+. The SMILES string of the molecule is C/C(=N\NC(=O)CCCC(=O)N/N=C(\C)c1ccc(C)s1)c1ccc(C)s1. The van der Waals surface area contributed by atoms with Gasteiger partial charge in [0.1, 0.15) is 0 Å². The Bertz CT molecular complexity index is 794. The Hall–Kier alpha value is -2.32. The molecule has 0 unspecified atom stereocenters. The second-order valence-electron chi connectivity index (χ2n) is 6.14. The molecule has 0 spiro atoms.